The van der Waals surface area contributed by atoms with E-state index in [2.05, 4.69) is 6.92 Å². The first-order valence-electron chi connectivity index (χ1n) is 10.5. The van der Waals surface area contributed by atoms with E-state index >= 15 is 0 Å². The number of alkyl halides is 1. The Hall–Kier alpha value is -1.24. The average molecular weight is 444 g/mol. The molecule has 0 saturated carbocycles. The zero-order valence-corrected chi connectivity index (χ0v) is 19.3. The summed E-state index contributed by atoms with van der Waals surface area (Å²) < 4.78 is 5.20. The molecular weight excluding hydrogens is 410 g/mol. The van der Waals surface area contributed by atoms with Crippen molar-refractivity contribution in [2.24, 2.45) is 0 Å². The lowest BCUT2D eigenvalue weighted by atomic mass is 9.95. The maximum atomic E-state index is 12.6. The second-order valence-electron chi connectivity index (χ2n) is 6.96. The van der Waals surface area contributed by atoms with Crippen LogP contribution in [0.2, 0.25) is 0 Å². The molecule has 1 unspecified atom stereocenters. The van der Waals surface area contributed by atoms with Crippen LogP contribution in [0.15, 0.2) is 17.0 Å². The van der Waals surface area contributed by atoms with Gasteiger partial charge < -0.3 is 4.74 Å². The van der Waals surface area contributed by atoms with Crippen LogP contribution in [0, 0.1) is 0 Å². The lowest BCUT2D eigenvalue weighted by molar-refractivity contribution is -0.142. The second kappa shape index (κ2) is 14.7. The largest absolute Gasteiger partial charge is 0.465 e. The van der Waals surface area contributed by atoms with Gasteiger partial charge in [-0.05, 0) is 43.4 Å². The van der Waals surface area contributed by atoms with Crippen molar-refractivity contribution in [2.75, 3.05) is 6.61 Å². The number of halogens is 1. The van der Waals surface area contributed by atoms with E-state index in [0.29, 0.717) is 29.9 Å². The Morgan fingerprint density at radius 3 is 2.45 bits per heavy atom. The number of ether oxygens (including phenoxy) is 1. The highest BCUT2D eigenvalue weighted by Gasteiger charge is 2.25. The summed E-state index contributed by atoms with van der Waals surface area (Å²) in [6.45, 7) is 6.28. The Balaban J connectivity index is 3.22. The van der Waals surface area contributed by atoms with E-state index in [1.807, 2.05) is 19.1 Å². The first kappa shape index (κ1) is 25.8. The summed E-state index contributed by atoms with van der Waals surface area (Å²) in [4.78, 5) is 25.6. The smallest absolute Gasteiger partial charge is 0.319 e. The Morgan fingerprint density at radius 2 is 1.86 bits per heavy atom. The molecule has 1 atom stereocenters. The molecule has 0 aliphatic carbocycles. The summed E-state index contributed by atoms with van der Waals surface area (Å²) in [5.74, 6) is -0.559. The molecule has 1 rings (SSSR count). The fraction of sp³-hybridized carbons (Fsp3) is 0.636. The predicted octanol–water partition coefficient (Wildman–Crippen LogP) is 5.88. The summed E-state index contributed by atoms with van der Waals surface area (Å²) >= 11 is 7.46. The lowest BCUT2D eigenvalue weighted by Crippen LogP contribution is -2.24. The van der Waals surface area contributed by atoms with E-state index in [4.69, 9.17) is 16.3 Å². The number of benzene rings is 1. The van der Waals surface area contributed by atoms with Gasteiger partial charge in [0.2, 0.25) is 0 Å². The standard InChI is InChI=1S/C22H34ClNO4S/c1-4-7-8-9-10-12-17-16(15-23)13-14-18(20(17)21(25)24-27)29-19(11-5-2)22(26)28-6-3/h13-14,19,27H,4-12,15H2,1-3H3,(H,24,25). The number of hydroxylamine groups is 1. The first-order valence-corrected chi connectivity index (χ1v) is 11.9. The number of rotatable bonds is 14. The summed E-state index contributed by atoms with van der Waals surface area (Å²) in [6, 6.07) is 3.73. The molecule has 164 valence electrons. The van der Waals surface area contributed by atoms with Gasteiger partial charge in [0.25, 0.3) is 5.91 Å². The van der Waals surface area contributed by atoms with Crippen molar-refractivity contribution < 1.29 is 19.5 Å². The highest BCUT2D eigenvalue weighted by molar-refractivity contribution is 8.00. The Kier molecular flexibility index (Phi) is 13.1. The molecule has 0 heterocycles. The zero-order chi connectivity index (χ0) is 21.6. The van der Waals surface area contributed by atoms with Crippen molar-refractivity contribution in [3.63, 3.8) is 0 Å². The van der Waals surface area contributed by atoms with Gasteiger partial charge in [-0.15, -0.1) is 23.4 Å². The Bertz CT molecular complexity index is 654. The first-order chi connectivity index (χ1) is 14.0. The average Bonchev–Trinajstić information content (AvgIpc) is 2.72. The van der Waals surface area contributed by atoms with Crippen LogP contribution in [0.1, 0.15) is 87.2 Å². The van der Waals surface area contributed by atoms with Gasteiger partial charge in [0.1, 0.15) is 5.25 Å². The summed E-state index contributed by atoms with van der Waals surface area (Å²) in [7, 11) is 0. The van der Waals surface area contributed by atoms with Gasteiger partial charge in [-0.1, -0.05) is 52.0 Å². The molecule has 0 bridgehead atoms. The molecule has 0 aliphatic rings. The van der Waals surface area contributed by atoms with Crippen molar-refractivity contribution in [1.82, 2.24) is 5.48 Å². The third-order valence-corrected chi connectivity index (χ3v) is 6.34. The molecule has 7 heteroatoms. The van der Waals surface area contributed by atoms with Gasteiger partial charge in [0, 0.05) is 10.8 Å². The van der Waals surface area contributed by atoms with E-state index in [-0.39, 0.29) is 11.8 Å². The molecule has 0 radical (unpaired) electrons. The second-order valence-corrected chi connectivity index (χ2v) is 8.47. The molecule has 0 spiro atoms. The van der Waals surface area contributed by atoms with E-state index in [9.17, 15) is 14.8 Å². The summed E-state index contributed by atoms with van der Waals surface area (Å²) in [5.41, 5.74) is 3.92. The number of carbonyl (C=O) groups is 2. The van der Waals surface area contributed by atoms with Crippen LogP contribution >= 0.6 is 23.4 Å². The highest BCUT2D eigenvalue weighted by Crippen LogP contribution is 2.34. The van der Waals surface area contributed by atoms with E-state index in [1.54, 1.807) is 12.4 Å². The van der Waals surface area contributed by atoms with E-state index < -0.39 is 11.2 Å². The molecule has 1 aromatic rings. The Labute approximate surface area is 183 Å². The van der Waals surface area contributed by atoms with E-state index in [1.165, 1.54) is 24.6 Å². The van der Waals surface area contributed by atoms with Gasteiger partial charge in [0.05, 0.1) is 12.2 Å². The van der Waals surface area contributed by atoms with Crippen LogP contribution in [0.4, 0.5) is 0 Å². The Morgan fingerprint density at radius 1 is 1.14 bits per heavy atom. The van der Waals surface area contributed by atoms with Crippen LogP contribution in [0.25, 0.3) is 0 Å². The number of hydrogen-bond donors (Lipinski definition) is 2. The highest BCUT2D eigenvalue weighted by atomic mass is 35.5. The fourth-order valence-corrected chi connectivity index (χ4v) is 4.82. The number of amides is 1. The molecular formula is C22H34ClNO4S. The third kappa shape index (κ3) is 8.19. The molecule has 0 aromatic heterocycles. The normalized spacial score (nSPS) is 11.9. The number of thioether (sulfide) groups is 1. The van der Waals surface area contributed by atoms with Gasteiger partial charge >= 0.3 is 5.97 Å². The van der Waals surface area contributed by atoms with E-state index in [0.717, 1.165) is 36.8 Å². The van der Waals surface area contributed by atoms with Gasteiger partial charge in [-0.2, -0.15) is 0 Å². The lowest BCUT2D eigenvalue weighted by Gasteiger charge is -2.20. The third-order valence-electron chi connectivity index (χ3n) is 4.74. The van der Waals surface area contributed by atoms with Crippen molar-refractivity contribution in [2.45, 2.75) is 88.2 Å². The topological polar surface area (TPSA) is 75.6 Å². The summed E-state index contributed by atoms with van der Waals surface area (Å²) in [6.07, 6.45) is 7.72. The minimum atomic E-state index is -0.567. The molecule has 0 saturated heterocycles. The van der Waals surface area contributed by atoms with Crippen LogP contribution in [0.5, 0.6) is 0 Å². The molecule has 0 fully saturated rings. The van der Waals surface area contributed by atoms with Gasteiger partial charge in [-0.3, -0.25) is 14.8 Å². The molecule has 29 heavy (non-hydrogen) atoms. The van der Waals surface area contributed by atoms with Gasteiger partial charge in [0.15, 0.2) is 0 Å². The predicted molar refractivity (Wildman–Crippen MR) is 119 cm³/mol. The van der Waals surface area contributed by atoms with Crippen molar-refractivity contribution >= 4 is 35.2 Å². The van der Waals surface area contributed by atoms with Crippen molar-refractivity contribution in [3.05, 3.63) is 28.8 Å². The maximum absolute atomic E-state index is 12.6. The number of hydrogen-bond acceptors (Lipinski definition) is 5. The van der Waals surface area contributed by atoms with Crippen molar-refractivity contribution in [3.8, 4) is 0 Å². The number of nitrogens with one attached hydrogen (secondary N) is 1. The molecule has 2 N–H and O–H groups in total. The molecule has 0 aliphatic heterocycles. The minimum absolute atomic E-state index is 0.280. The summed E-state index contributed by atoms with van der Waals surface area (Å²) in [5, 5.41) is 8.94. The van der Waals surface area contributed by atoms with Crippen LogP contribution < -0.4 is 5.48 Å². The van der Waals surface area contributed by atoms with Crippen LogP contribution in [-0.2, 0) is 21.8 Å². The van der Waals surface area contributed by atoms with Crippen LogP contribution in [-0.4, -0.2) is 28.9 Å². The monoisotopic (exact) mass is 443 g/mol. The minimum Gasteiger partial charge on any atom is -0.465 e. The maximum Gasteiger partial charge on any atom is 0.319 e. The molecule has 5 nitrogen and oxygen atoms in total. The zero-order valence-electron chi connectivity index (χ0n) is 17.8. The quantitative estimate of drug-likeness (QED) is 0.0937. The van der Waals surface area contributed by atoms with Crippen LogP contribution in [0.3, 0.4) is 0 Å². The SMILES string of the molecule is CCCCCCCc1c(CCl)ccc(SC(CCC)C(=O)OCC)c1C(=O)NO. The van der Waals surface area contributed by atoms with Crippen molar-refractivity contribution in [1.29, 1.82) is 0 Å². The molecule has 1 amide bonds. The fourth-order valence-electron chi connectivity index (χ4n) is 3.26. The van der Waals surface area contributed by atoms with Gasteiger partial charge in [-0.25, -0.2) is 5.48 Å². The molecule has 1 aromatic carbocycles. The number of esters is 1. The number of unbranched alkanes of at least 4 members (excludes halogenated alkanes) is 4. The number of carbonyl (C=O) groups excluding carboxylic acids is 2.